The number of para-hydroxylation sites is 1. The number of carboxylic acid groups (broad SMARTS) is 2. The normalized spacial score (nSPS) is 13.7. The summed E-state index contributed by atoms with van der Waals surface area (Å²) in [4.78, 5) is 32.0. The number of carboxylic acids is 2. The molecule has 2 unspecified atom stereocenters. The number of carbonyl (C=O) groups is 3. The Morgan fingerprint density at radius 3 is 1.79 bits per heavy atom. The first-order chi connectivity index (χ1) is 15.1. The highest BCUT2D eigenvalue weighted by Crippen LogP contribution is 2.48. The number of ether oxygens (including phenoxy) is 1. The van der Waals surface area contributed by atoms with Crippen LogP contribution in [0.2, 0.25) is 0 Å². The van der Waals surface area contributed by atoms with Crippen LogP contribution in [-0.4, -0.2) is 66.1 Å². The lowest BCUT2D eigenvalue weighted by Crippen LogP contribution is -2.37. The fourth-order valence-corrected chi connectivity index (χ4v) is 4.96. The van der Waals surface area contributed by atoms with Gasteiger partial charge in [-0.3, -0.25) is 14.3 Å². The first-order valence-electron chi connectivity index (χ1n) is 10.6. The van der Waals surface area contributed by atoms with Crippen molar-refractivity contribution in [1.29, 1.82) is 0 Å². The molecule has 1 aromatic rings. The van der Waals surface area contributed by atoms with Crippen molar-refractivity contribution < 1.29 is 38.4 Å². The van der Waals surface area contributed by atoms with Gasteiger partial charge < -0.3 is 19.5 Å². The Kier molecular flexibility index (Phi) is 13.0. The molecule has 0 amide bonds. The highest BCUT2D eigenvalue weighted by atomic mass is 31.2. The van der Waals surface area contributed by atoms with Gasteiger partial charge in [0.2, 0.25) is 0 Å². The minimum atomic E-state index is -3.39. The third-order valence-electron chi connectivity index (χ3n) is 4.24. The van der Waals surface area contributed by atoms with Crippen molar-refractivity contribution in [1.82, 2.24) is 9.99 Å². The van der Waals surface area contributed by atoms with E-state index in [1.54, 1.807) is 18.7 Å². The van der Waals surface area contributed by atoms with Crippen molar-refractivity contribution in [3.63, 3.8) is 0 Å². The fraction of sp³-hybridized carbons (Fsp3) is 0.591. The van der Waals surface area contributed by atoms with E-state index in [-0.39, 0.29) is 24.7 Å². The molecule has 3 N–H and O–H groups in total. The number of aliphatic carboxylic acids is 2. The third kappa shape index (κ3) is 10.8. The van der Waals surface area contributed by atoms with Crippen molar-refractivity contribution in [2.45, 2.75) is 59.4 Å². The molecule has 0 saturated carbocycles. The molecule has 188 valence electrons. The van der Waals surface area contributed by atoms with E-state index in [0.717, 1.165) is 11.1 Å². The Bertz CT molecular complexity index is 817. The second kappa shape index (κ2) is 14.0. The predicted octanol–water partition coefficient (Wildman–Crippen LogP) is 3.72. The number of rotatable bonds is 10. The van der Waals surface area contributed by atoms with E-state index in [1.165, 1.54) is 0 Å². The summed E-state index contributed by atoms with van der Waals surface area (Å²) in [5.41, 5.74) is 2.01. The van der Waals surface area contributed by atoms with Crippen molar-refractivity contribution in [2.75, 3.05) is 27.0 Å². The van der Waals surface area contributed by atoms with Gasteiger partial charge in [0.25, 0.3) is 0 Å². The SMILES string of the molecule is CCOC(=O)C(C)NP(=O)(CN(C)C)Oc1c(C(C)C)cccc1C(C)C.O=C(O)C(=O)O. The molecule has 0 bridgehead atoms. The summed E-state index contributed by atoms with van der Waals surface area (Å²) >= 11 is 0. The van der Waals surface area contributed by atoms with E-state index in [2.05, 4.69) is 32.8 Å². The number of benzene rings is 1. The molecule has 0 saturated heterocycles. The van der Waals surface area contributed by atoms with Gasteiger partial charge in [-0.25, -0.2) is 14.7 Å². The number of carbonyl (C=O) groups excluding carboxylic acids is 1. The van der Waals surface area contributed by atoms with Gasteiger partial charge in [0.1, 0.15) is 18.1 Å². The average Bonchev–Trinajstić information content (AvgIpc) is 2.67. The van der Waals surface area contributed by atoms with Gasteiger partial charge in [-0.05, 0) is 50.9 Å². The van der Waals surface area contributed by atoms with Gasteiger partial charge in [-0.2, -0.15) is 0 Å². The maximum Gasteiger partial charge on any atom is 0.414 e. The Morgan fingerprint density at radius 1 is 1.00 bits per heavy atom. The van der Waals surface area contributed by atoms with Crippen LogP contribution in [0.3, 0.4) is 0 Å². The van der Waals surface area contributed by atoms with E-state index in [0.29, 0.717) is 5.75 Å². The molecule has 1 rings (SSSR count). The van der Waals surface area contributed by atoms with Crippen LogP contribution in [0.5, 0.6) is 5.75 Å². The van der Waals surface area contributed by atoms with Gasteiger partial charge in [0.15, 0.2) is 0 Å². The molecule has 2 atom stereocenters. The second-order valence-electron chi connectivity index (χ2n) is 8.27. The molecule has 0 radical (unpaired) electrons. The number of hydrogen-bond acceptors (Lipinski definition) is 7. The molecule has 0 fully saturated rings. The number of esters is 1. The van der Waals surface area contributed by atoms with Crippen molar-refractivity contribution >= 4 is 25.4 Å². The number of hydrogen-bond donors (Lipinski definition) is 3. The Labute approximate surface area is 195 Å². The molecular formula is C22H37N2O8P. The first kappa shape index (κ1) is 30.6. The zero-order chi connectivity index (χ0) is 25.9. The molecular weight excluding hydrogens is 451 g/mol. The number of nitrogens with zero attached hydrogens (tertiary/aromatic N) is 1. The molecule has 11 heteroatoms. The van der Waals surface area contributed by atoms with E-state index < -0.39 is 31.5 Å². The monoisotopic (exact) mass is 488 g/mol. The summed E-state index contributed by atoms with van der Waals surface area (Å²) in [6.07, 6.45) is 0.167. The molecule has 10 nitrogen and oxygen atoms in total. The molecule has 0 aliphatic carbocycles. The van der Waals surface area contributed by atoms with Crippen molar-refractivity contribution in [2.24, 2.45) is 0 Å². The minimum Gasteiger partial charge on any atom is -0.473 e. The van der Waals surface area contributed by atoms with E-state index in [4.69, 9.17) is 29.1 Å². The van der Waals surface area contributed by atoms with Crippen molar-refractivity contribution in [3.05, 3.63) is 29.3 Å². The van der Waals surface area contributed by atoms with Gasteiger partial charge >= 0.3 is 25.4 Å². The first-order valence-corrected chi connectivity index (χ1v) is 12.4. The van der Waals surface area contributed by atoms with Crippen molar-refractivity contribution in [3.8, 4) is 5.75 Å². The maximum absolute atomic E-state index is 13.7. The molecule has 0 aromatic heterocycles. The van der Waals surface area contributed by atoms with Gasteiger partial charge in [0, 0.05) is 0 Å². The highest BCUT2D eigenvalue weighted by molar-refractivity contribution is 7.57. The molecule has 0 aliphatic rings. The molecule has 0 aliphatic heterocycles. The summed E-state index contributed by atoms with van der Waals surface area (Å²) in [6, 6.07) is 5.27. The molecule has 33 heavy (non-hydrogen) atoms. The van der Waals surface area contributed by atoms with Crippen LogP contribution in [0.4, 0.5) is 0 Å². The van der Waals surface area contributed by atoms with Gasteiger partial charge in [-0.1, -0.05) is 45.9 Å². The molecule has 0 spiro atoms. The number of nitrogens with one attached hydrogen (secondary N) is 1. The fourth-order valence-electron chi connectivity index (χ4n) is 2.82. The van der Waals surface area contributed by atoms with Gasteiger partial charge in [-0.15, -0.1) is 0 Å². The van der Waals surface area contributed by atoms with E-state index in [9.17, 15) is 9.36 Å². The van der Waals surface area contributed by atoms with E-state index in [1.807, 2.05) is 32.3 Å². The Morgan fingerprint density at radius 2 is 1.45 bits per heavy atom. The zero-order valence-corrected chi connectivity index (χ0v) is 21.5. The summed E-state index contributed by atoms with van der Waals surface area (Å²) in [5.74, 6) is -3.01. The van der Waals surface area contributed by atoms with Crippen LogP contribution in [-0.2, 0) is 23.7 Å². The summed E-state index contributed by atoms with van der Waals surface area (Å²) in [7, 11) is 0.258. The Balaban J connectivity index is 0.00000150. The van der Waals surface area contributed by atoms with Crippen LogP contribution in [0.15, 0.2) is 18.2 Å². The minimum absolute atomic E-state index is 0.167. The molecule has 0 heterocycles. The predicted molar refractivity (Wildman–Crippen MR) is 126 cm³/mol. The highest BCUT2D eigenvalue weighted by Gasteiger charge is 2.33. The standard InChI is InChI=1S/C20H35N2O4P.C2H2O4/c1-9-25-20(23)16(6)21-27(24,13-22(7)8)26-19-17(14(2)3)11-10-12-18(19)15(4)5;3-1(4)2(5)6/h10-12,14-16H,9,13H2,1-8H3,(H,21,24);(H,3,4)(H,5,6). The lowest BCUT2D eigenvalue weighted by atomic mass is 9.94. The maximum atomic E-state index is 13.7. The third-order valence-corrected chi connectivity index (χ3v) is 6.44. The van der Waals surface area contributed by atoms with Crippen LogP contribution in [0.1, 0.15) is 64.5 Å². The topological polar surface area (TPSA) is 142 Å². The molecule has 1 aromatic carbocycles. The smallest absolute Gasteiger partial charge is 0.414 e. The van der Waals surface area contributed by atoms with Crippen LogP contribution < -0.4 is 9.61 Å². The van der Waals surface area contributed by atoms with Crippen LogP contribution in [0.25, 0.3) is 0 Å². The lowest BCUT2D eigenvalue weighted by Gasteiger charge is -2.29. The summed E-state index contributed by atoms with van der Waals surface area (Å²) < 4.78 is 24.9. The Hall–Kier alpha value is -2.42. The lowest BCUT2D eigenvalue weighted by molar-refractivity contribution is -0.159. The summed E-state index contributed by atoms with van der Waals surface area (Å²) in [5, 5.41) is 17.7. The van der Waals surface area contributed by atoms with E-state index >= 15 is 0 Å². The van der Waals surface area contributed by atoms with Crippen LogP contribution >= 0.6 is 7.52 Å². The van der Waals surface area contributed by atoms with Crippen LogP contribution in [0, 0.1) is 0 Å². The largest absolute Gasteiger partial charge is 0.473 e. The second-order valence-corrected chi connectivity index (χ2v) is 10.3. The zero-order valence-electron chi connectivity index (χ0n) is 20.6. The van der Waals surface area contributed by atoms with Gasteiger partial charge in [0.05, 0.1) is 6.61 Å². The summed E-state index contributed by atoms with van der Waals surface area (Å²) in [6.45, 7) is 12.0. The average molecular weight is 489 g/mol. The quantitative estimate of drug-likeness (QED) is 0.253.